The Morgan fingerprint density at radius 3 is 2.62 bits per heavy atom. The number of ether oxygens (including phenoxy) is 2. The predicted molar refractivity (Wildman–Crippen MR) is 59.7 cm³/mol. The Hall–Kier alpha value is -1.35. The molecule has 2 rings (SSSR count). The normalized spacial score (nSPS) is 29.1. The molecule has 3 heteroatoms. The number of rotatable bonds is 3. The van der Waals surface area contributed by atoms with Gasteiger partial charge in [-0.15, -0.1) is 0 Å². The summed E-state index contributed by atoms with van der Waals surface area (Å²) in [5.74, 6) is -1.05. The van der Waals surface area contributed by atoms with Crippen molar-refractivity contribution in [1.82, 2.24) is 0 Å². The van der Waals surface area contributed by atoms with Crippen LogP contribution in [0.2, 0.25) is 0 Å². The molecule has 1 aromatic carbocycles. The zero-order valence-corrected chi connectivity index (χ0v) is 9.60. The summed E-state index contributed by atoms with van der Waals surface area (Å²) in [6.07, 6.45) is 1.07. The van der Waals surface area contributed by atoms with Crippen molar-refractivity contribution in [3.63, 3.8) is 0 Å². The van der Waals surface area contributed by atoms with Crippen LogP contribution in [0.5, 0.6) is 0 Å². The Kier molecular flexibility index (Phi) is 2.97. The number of hydrogen-bond donors (Lipinski definition) is 0. The average molecular weight is 220 g/mol. The predicted octanol–water partition coefficient (Wildman–Crippen LogP) is 2.82. The Bertz CT molecular complexity index is 374. The maximum Gasteiger partial charge on any atom is 0.342 e. The molecule has 0 unspecified atom stereocenters. The first-order valence-electron chi connectivity index (χ1n) is 5.60. The fourth-order valence-electron chi connectivity index (χ4n) is 1.98. The molecule has 86 valence electrons. The van der Waals surface area contributed by atoms with Gasteiger partial charge in [0.1, 0.15) is 0 Å². The summed E-state index contributed by atoms with van der Waals surface area (Å²) in [5, 5.41) is 0. The van der Waals surface area contributed by atoms with Gasteiger partial charge < -0.3 is 9.47 Å². The standard InChI is InChI=1S/C13H16O3/c1-3-9-13(2)15-11(12(14)16-13)10-7-5-4-6-8-10/h4-8,11H,3,9H2,1-2H3/t11-,13+/m0/s1. The van der Waals surface area contributed by atoms with Crippen molar-refractivity contribution >= 4 is 5.97 Å². The second-order valence-electron chi connectivity index (χ2n) is 4.21. The first kappa shape index (κ1) is 11.1. The summed E-state index contributed by atoms with van der Waals surface area (Å²) in [6, 6.07) is 9.45. The summed E-state index contributed by atoms with van der Waals surface area (Å²) >= 11 is 0. The van der Waals surface area contributed by atoms with E-state index in [4.69, 9.17) is 9.47 Å². The second-order valence-corrected chi connectivity index (χ2v) is 4.21. The summed E-state index contributed by atoms with van der Waals surface area (Å²) < 4.78 is 11.0. The number of carbonyl (C=O) groups excluding carboxylic acids is 1. The molecule has 1 aromatic rings. The van der Waals surface area contributed by atoms with Gasteiger partial charge >= 0.3 is 5.97 Å². The van der Waals surface area contributed by atoms with E-state index in [0.717, 1.165) is 18.4 Å². The molecule has 0 radical (unpaired) electrons. The molecule has 1 saturated heterocycles. The zero-order valence-electron chi connectivity index (χ0n) is 9.60. The van der Waals surface area contributed by atoms with Gasteiger partial charge in [0, 0.05) is 13.3 Å². The molecule has 1 aliphatic rings. The first-order chi connectivity index (χ1) is 7.64. The van der Waals surface area contributed by atoms with Crippen molar-refractivity contribution in [3.8, 4) is 0 Å². The number of benzene rings is 1. The molecule has 2 atom stereocenters. The van der Waals surface area contributed by atoms with Gasteiger partial charge in [-0.05, 0) is 12.0 Å². The maximum absolute atomic E-state index is 11.7. The third-order valence-electron chi connectivity index (χ3n) is 2.70. The van der Waals surface area contributed by atoms with Gasteiger partial charge in [0.05, 0.1) is 0 Å². The van der Waals surface area contributed by atoms with Crippen LogP contribution in [-0.2, 0) is 14.3 Å². The van der Waals surface area contributed by atoms with E-state index in [1.54, 1.807) is 0 Å². The van der Waals surface area contributed by atoms with Crippen LogP contribution in [-0.4, -0.2) is 11.8 Å². The smallest absolute Gasteiger partial charge is 0.342 e. The third-order valence-corrected chi connectivity index (χ3v) is 2.70. The highest BCUT2D eigenvalue weighted by molar-refractivity contribution is 5.78. The Morgan fingerprint density at radius 1 is 1.31 bits per heavy atom. The lowest BCUT2D eigenvalue weighted by molar-refractivity contribution is -0.171. The lowest BCUT2D eigenvalue weighted by Crippen LogP contribution is -2.25. The van der Waals surface area contributed by atoms with Crippen LogP contribution in [0.15, 0.2) is 30.3 Å². The van der Waals surface area contributed by atoms with E-state index in [-0.39, 0.29) is 5.97 Å². The SMILES string of the molecule is CCC[C@@]1(C)OC(=O)[C@H](c2ccccc2)O1. The highest BCUT2D eigenvalue weighted by Crippen LogP contribution is 2.36. The van der Waals surface area contributed by atoms with Gasteiger partial charge in [0.15, 0.2) is 6.10 Å². The van der Waals surface area contributed by atoms with Crippen LogP contribution in [0.3, 0.4) is 0 Å². The van der Waals surface area contributed by atoms with E-state index in [1.165, 1.54) is 0 Å². The lowest BCUT2D eigenvalue weighted by Gasteiger charge is -2.20. The molecule has 0 N–H and O–H groups in total. The minimum Gasteiger partial charge on any atom is -0.431 e. The molecule has 0 amide bonds. The molecule has 3 nitrogen and oxygen atoms in total. The molecule has 1 heterocycles. The third kappa shape index (κ3) is 2.09. The fourth-order valence-corrected chi connectivity index (χ4v) is 1.98. The average Bonchev–Trinajstić information content (AvgIpc) is 2.56. The van der Waals surface area contributed by atoms with Crippen molar-refractivity contribution in [2.75, 3.05) is 0 Å². The molecular weight excluding hydrogens is 204 g/mol. The van der Waals surface area contributed by atoms with E-state index in [1.807, 2.05) is 44.2 Å². The van der Waals surface area contributed by atoms with Crippen molar-refractivity contribution in [3.05, 3.63) is 35.9 Å². The summed E-state index contributed by atoms with van der Waals surface area (Å²) in [4.78, 5) is 11.7. The molecular formula is C13H16O3. The van der Waals surface area contributed by atoms with Crippen molar-refractivity contribution in [2.24, 2.45) is 0 Å². The minimum atomic E-state index is -0.758. The van der Waals surface area contributed by atoms with Crippen molar-refractivity contribution < 1.29 is 14.3 Å². The molecule has 0 aromatic heterocycles. The van der Waals surface area contributed by atoms with Gasteiger partial charge in [-0.2, -0.15) is 0 Å². The molecule has 0 spiro atoms. The molecule has 1 aliphatic heterocycles. The maximum atomic E-state index is 11.7. The number of carbonyl (C=O) groups is 1. The van der Waals surface area contributed by atoms with Crippen molar-refractivity contribution in [2.45, 2.75) is 38.6 Å². The van der Waals surface area contributed by atoms with Gasteiger partial charge in [0.25, 0.3) is 0 Å². The summed E-state index contributed by atoms with van der Waals surface area (Å²) in [5.41, 5.74) is 0.854. The minimum absolute atomic E-state index is 0.290. The second kappa shape index (κ2) is 4.26. The molecule has 0 saturated carbocycles. The van der Waals surface area contributed by atoms with E-state index in [9.17, 15) is 4.79 Å². The van der Waals surface area contributed by atoms with E-state index in [2.05, 4.69) is 0 Å². The van der Waals surface area contributed by atoms with Crippen molar-refractivity contribution in [1.29, 1.82) is 0 Å². The Balaban J connectivity index is 2.17. The highest BCUT2D eigenvalue weighted by Gasteiger charge is 2.44. The Labute approximate surface area is 95.4 Å². The first-order valence-corrected chi connectivity index (χ1v) is 5.60. The zero-order chi connectivity index (χ0) is 11.6. The van der Waals surface area contributed by atoms with Gasteiger partial charge in [-0.1, -0.05) is 37.3 Å². The fraction of sp³-hybridized carbons (Fsp3) is 0.462. The summed E-state index contributed by atoms with van der Waals surface area (Å²) in [6.45, 7) is 3.86. The lowest BCUT2D eigenvalue weighted by atomic mass is 10.1. The topological polar surface area (TPSA) is 35.5 Å². The number of esters is 1. The van der Waals surface area contributed by atoms with Gasteiger partial charge in [0.2, 0.25) is 5.79 Å². The van der Waals surface area contributed by atoms with E-state index >= 15 is 0 Å². The molecule has 1 fully saturated rings. The Morgan fingerprint density at radius 2 is 2.00 bits per heavy atom. The van der Waals surface area contributed by atoms with Crippen LogP contribution < -0.4 is 0 Å². The van der Waals surface area contributed by atoms with E-state index in [0.29, 0.717) is 0 Å². The van der Waals surface area contributed by atoms with Crippen LogP contribution >= 0.6 is 0 Å². The number of cyclic esters (lactones) is 1. The van der Waals surface area contributed by atoms with E-state index < -0.39 is 11.9 Å². The van der Waals surface area contributed by atoms with Crippen LogP contribution in [0, 0.1) is 0 Å². The highest BCUT2D eigenvalue weighted by atomic mass is 16.8. The van der Waals surface area contributed by atoms with Crippen LogP contribution in [0.25, 0.3) is 0 Å². The summed E-state index contributed by atoms with van der Waals surface area (Å²) in [7, 11) is 0. The van der Waals surface area contributed by atoms with Gasteiger partial charge in [-0.3, -0.25) is 0 Å². The molecule has 16 heavy (non-hydrogen) atoms. The van der Waals surface area contributed by atoms with Crippen LogP contribution in [0.1, 0.15) is 38.4 Å². The largest absolute Gasteiger partial charge is 0.431 e. The molecule has 0 bridgehead atoms. The van der Waals surface area contributed by atoms with Gasteiger partial charge in [-0.25, -0.2) is 4.79 Å². The number of hydrogen-bond acceptors (Lipinski definition) is 3. The van der Waals surface area contributed by atoms with Crippen LogP contribution in [0.4, 0.5) is 0 Å². The molecule has 0 aliphatic carbocycles. The quantitative estimate of drug-likeness (QED) is 0.735. The monoisotopic (exact) mass is 220 g/mol.